The summed E-state index contributed by atoms with van der Waals surface area (Å²) >= 11 is 0. The topological polar surface area (TPSA) is 100 Å². The molecule has 3 rings (SSSR count). The van der Waals surface area contributed by atoms with Crippen LogP contribution in [0.4, 0.5) is 10.2 Å². The fourth-order valence-electron chi connectivity index (χ4n) is 5.36. The Morgan fingerprint density at radius 3 is 2.17 bits per heavy atom. The lowest BCUT2D eigenvalue weighted by Crippen LogP contribution is -2.54. The van der Waals surface area contributed by atoms with Crippen LogP contribution in [0, 0.1) is 18.4 Å². The van der Waals surface area contributed by atoms with Crippen LogP contribution in [-0.2, 0) is 18.4 Å². The molecule has 1 amide bonds. The molecule has 12 heteroatoms. The standard InChI is InChI=1S/C36H62FN5O4Si2/c1-13-15-16-17-18-19-20-21-22-23-28(43)39-31-30-32(41-33(37)40-31)42(26-38-30)29-24-27(46-48(11,12)35(6,7)8)36(14-2,45-29)25-44-47(9,10)34(3,4)5/h2,26-27,29H,13,15-25H2,1,3-12H3,(H,39,40,41,43)/t27?,29-,36-/m1/s1. The summed E-state index contributed by atoms with van der Waals surface area (Å²) in [5, 5.41) is 2.68. The van der Waals surface area contributed by atoms with Crippen LogP contribution in [-0.4, -0.2) is 60.4 Å². The fraction of sp³-hybridized carbons (Fsp3) is 0.778. The predicted octanol–water partition coefficient (Wildman–Crippen LogP) is 9.53. The van der Waals surface area contributed by atoms with Crippen molar-refractivity contribution in [1.29, 1.82) is 0 Å². The lowest BCUT2D eigenvalue weighted by Gasteiger charge is -2.43. The van der Waals surface area contributed by atoms with Gasteiger partial charge in [-0.05, 0) is 42.7 Å². The van der Waals surface area contributed by atoms with E-state index in [4.69, 9.17) is 20.0 Å². The number of carbonyl (C=O) groups is 1. The van der Waals surface area contributed by atoms with Crippen LogP contribution >= 0.6 is 0 Å². The van der Waals surface area contributed by atoms with Gasteiger partial charge in [-0.3, -0.25) is 9.36 Å². The van der Waals surface area contributed by atoms with Crippen molar-refractivity contribution in [3.63, 3.8) is 0 Å². The summed E-state index contributed by atoms with van der Waals surface area (Å²) in [6.45, 7) is 24.2. The summed E-state index contributed by atoms with van der Waals surface area (Å²) in [5.41, 5.74) is -0.669. The molecule has 1 aliphatic rings. The first kappa shape index (κ1) is 40.3. The quantitative estimate of drug-likeness (QED) is 0.0758. The van der Waals surface area contributed by atoms with Crippen molar-refractivity contribution in [3.05, 3.63) is 12.4 Å². The summed E-state index contributed by atoms with van der Waals surface area (Å²) in [7, 11) is -4.49. The molecule has 0 aliphatic carbocycles. The van der Waals surface area contributed by atoms with Crippen molar-refractivity contribution in [2.24, 2.45) is 0 Å². The van der Waals surface area contributed by atoms with Crippen molar-refractivity contribution in [3.8, 4) is 12.3 Å². The summed E-state index contributed by atoms with van der Waals surface area (Å²) in [6.07, 6.45) is 16.9. The molecule has 1 unspecified atom stereocenters. The van der Waals surface area contributed by atoms with E-state index < -0.39 is 40.6 Å². The lowest BCUT2D eigenvalue weighted by molar-refractivity contribution is -0.116. The number of amides is 1. The average Bonchev–Trinajstić information content (AvgIpc) is 3.55. The van der Waals surface area contributed by atoms with Crippen LogP contribution in [0.15, 0.2) is 6.33 Å². The highest BCUT2D eigenvalue weighted by Crippen LogP contribution is 2.46. The number of nitrogens with one attached hydrogen (secondary N) is 1. The van der Waals surface area contributed by atoms with Crippen LogP contribution in [0.5, 0.6) is 0 Å². The van der Waals surface area contributed by atoms with E-state index in [1.807, 2.05) is 0 Å². The summed E-state index contributed by atoms with van der Waals surface area (Å²) < 4.78 is 36.9. The third-order valence-electron chi connectivity index (χ3n) is 10.7. The Kier molecular flexibility index (Phi) is 13.6. The van der Waals surface area contributed by atoms with E-state index in [0.717, 1.165) is 19.3 Å². The van der Waals surface area contributed by atoms with E-state index in [0.29, 0.717) is 12.8 Å². The molecular formula is C36H62FN5O4Si2. The number of nitrogens with zero attached hydrogens (tertiary/aromatic N) is 4. The van der Waals surface area contributed by atoms with Crippen LogP contribution < -0.4 is 5.32 Å². The molecule has 3 heterocycles. The summed E-state index contributed by atoms with van der Waals surface area (Å²) in [5.74, 6) is 2.76. The second-order valence-electron chi connectivity index (χ2n) is 16.5. The number of halogens is 1. The number of aromatic nitrogens is 4. The van der Waals surface area contributed by atoms with E-state index in [9.17, 15) is 9.18 Å². The Labute approximate surface area is 291 Å². The first-order chi connectivity index (χ1) is 22.3. The van der Waals surface area contributed by atoms with Gasteiger partial charge in [0.15, 0.2) is 39.2 Å². The molecule has 2 aromatic heterocycles. The van der Waals surface area contributed by atoms with Gasteiger partial charge < -0.3 is 18.9 Å². The SMILES string of the molecule is C#C[C@]1(CO[Si](C)(C)C(C)(C)C)O[C@@H](n2cnc3c(NC(=O)CCCCCCCCCCC)nc(F)nc32)CC1O[Si](C)(C)C(C)(C)C. The summed E-state index contributed by atoms with van der Waals surface area (Å²) in [6, 6.07) is 0. The van der Waals surface area contributed by atoms with Gasteiger partial charge in [0.2, 0.25) is 5.91 Å². The Bertz CT molecular complexity index is 1410. The van der Waals surface area contributed by atoms with Gasteiger partial charge in [0.25, 0.3) is 0 Å². The number of ether oxygens (including phenoxy) is 1. The molecule has 0 bridgehead atoms. The van der Waals surface area contributed by atoms with Crippen LogP contribution in [0.3, 0.4) is 0 Å². The molecule has 0 radical (unpaired) electrons. The molecule has 0 saturated carbocycles. The van der Waals surface area contributed by atoms with Gasteiger partial charge in [0, 0.05) is 12.8 Å². The van der Waals surface area contributed by atoms with E-state index in [-0.39, 0.29) is 39.6 Å². The Morgan fingerprint density at radius 2 is 1.60 bits per heavy atom. The molecule has 9 nitrogen and oxygen atoms in total. The first-order valence-corrected chi connectivity index (χ1v) is 23.8. The molecular weight excluding hydrogens is 642 g/mol. The van der Waals surface area contributed by atoms with Gasteiger partial charge in [-0.1, -0.05) is 106 Å². The minimum atomic E-state index is -2.29. The molecule has 0 aromatic carbocycles. The predicted molar refractivity (Wildman–Crippen MR) is 197 cm³/mol. The van der Waals surface area contributed by atoms with E-state index >= 15 is 0 Å². The van der Waals surface area contributed by atoms with Crippen LogP contribution in [0.2, 0.25) is 36.3 Å². The molecule has 1 saturated heterocycles. The van der Waals surface area contributed by atoms with Crippen molar-refractivity contribution in [2.45, 2.75) is 173 Å². The number of unbranched alkanes of at least 4 members (excludes halogenated alkanes) is 8. The zero-order valence-corrected chi connectivity index (χ0v) is 33.6. The normalized spacial score (nSPS) is 20.7. The monoisotopic (exact) mass is 703 g/mol. The maximum atomic E-state index is 14.9. The van der Waals surface area contributed by atoms with Gasteiger partial charge in [-0.25, -0.2) is 4.98 Å². The number of carbonyl (C=O) groups excluding carboxylic acids is 1. The Morgan fingerprint density at radius 1 is 1.02 bits per heavy atom. The van der Waals surface area contributed by atoms with Gasteiger partial charge in [-0.2, -0.15) is 14.4 Å². The van der Waals surface area contributed by atoms with E-state index in [1.54, 1.807) is 10.9 Å². The van der Waals surface area contributed by atoms with Gasteiger partial charge in [0.1, 0.15) is 6.23 Å². The lowest BCUT2D eigenvalue weighted by atomic mass is 9.99. The van der Waals surface area contributed by atoms with Crippen molar-refractivity contribution in [1.82, 2.24) is 19.5 Å². The molecule has 1 N–H and O–H groups in total. The highest BCUT2D eigenvalue weighted by atomic mass is 28.4. The van der Waals surface area contributed by atoms with Gasteiger partial charge in [0.05, 0.1) is 19.0 Å². The molecule has 48 heavy (non-hydrogen) atoms. The summed E-state index contributed by atoms with van der Waals surface area (Å²) in [4.78, 5) is 25.3. The Hall–Kier alpha value is -2.18. The maximum absolute atomic E-state index is 14.9. The molecule has 270 valence electrons. The van der Waals surface area contributed by atoms with Gasteiger partial charge >= 0.3 is 6.08 Å². The third-order valence-corrected chi connectivity index (χ3v) is 19.7. The highest BCUT2D eigenvalue weighted by Gasteiger charge is 2.54. The zero-order valence-electron chi connectivity index (χ0n) is 31.6. The van der Waals surface area contributed by atoms with E-state index in [1.165, 1.54) is 38.5 Å². The second kappa shape index (κ2) is 16.2. The zero-order chi connectivity index (χ0) is 36.0. The molecule has 3 atom stereocenters. The number of imidazole rings is 1. The number of terminal acetylenes is 1. The number of hydrogen-bond donors (Lipinski definition) is 1. The first-order valence-electron chi connectivity index (χ1n) is 17.9. The van der Waals surface area contributed by atoms with Crippen molar-refractivity contribution < 1.29 is 22.8 Å². The Balaban J connectivity index is 1.81. The number of anilines is 1. The molecule has 1 fully saturated rings. The van der Waals surface area contributed by atoms with Crippen molar-refractivity contribution in [2.75, 3.05) is 11.9 Å². The minimum Gasteiger partial charge on any atom is -0.413 e. The fourth-order valence-corrected chi connectivity index (χ4v) is 7.72. The third kappa shape index (κ3) is 9.96. The number of rotatable bonds is 17. The largest absolute Gasteiger partial charge is 0.413 e. The molecule has 1 aliphatic heterocycles. The molecule has 2 aromatic rings. The average molecular weight is 704 g/mol. The van der Waals surface area contributed by atoms with Gasteiger partial charge in [-0.15, -0.1) is 6.42 Å². The smallest absolute Gasteiger partial charge is 0.312 e. The maximum Gasteiger partial charge on any atom is 0.312 e. The second-order valence-corrected chi connectivity index (χ2v) is 26.1. The molecule has 0 spiro atoms. The van der Waals surface area contributed by atoms with Crippen molar-refractivity contribution >= 4 is 39.5 Å². The number of hydrogen-bond acceptors (Lipinski definition) is 7. The number of fused-ring (bicyclic) bond motifs is 1. The highest BCUT2D eigenvalue weighted by molar-refractivity contribution is 6.74. The minimum absolute atomic E-state index is 0.0275. The van der Waals surface area contributed by atoms with Crippen LogP contribution in [0.25, 0.3) is 11.2 Å². The van der Waals surface area contributed by atoms with E-state index in [2.05, 4.69) is 101 Å². The van der Waals surface area contributed by atoms with Crippen LogP contribution in [0.1, 0.15) is 125 Å².